The van der Waals surface area contributed by atoms with Crippen LogP contribution in [0.2, 0.25) is 0 Å². The molecule has 2 aromatic carbocycles. The van der Waals surface area contributed by atoms with Crippen LogP contribution < -0.4 is 5.32 Å². The molecule has 1 aliphatic heterocycles. The second-order valence-electron chi connectivity index (χ2n) is 8.06. The Bertz CT molecular complexity index is 1020. The normalized spacial score (nSPS) is 15.9. The molecule has 6 nitrogen and oxygen atoms in total. The summed E-state index contributed by atoms with van der Waals surface area (Å²) in [6, 6.07) is 21.1. The Morgan fingerprint density at radius 2 is 1.63 bits per heavy atom. The van der Waals surface area contributed by atoms with E-state index in [4.69, 9.17) is 0 Å². The smallest absolute Gasteiger partial charge is 0.272 e. The van der Waals surface area contributed by atoms with E-state index < -0.39 is 0 Å². The van der Waals surface area contributed by atoms with Gasteiger partial charge in [-0.3, -0.25) is 14.3 Å². The van der Waals surface area contributed by atoms with Gasteiger partial charge in [0.2, 0.25) is 0 Å². The van der Waals surface area contributed by atoms with E-state index >= 15 is 0 Å². The van der Waals surface area contributed by atoms with Crippen molar-refractivity contribution in [2.24, 2.45) is 5.92 Å². The maximum atomic E-state index is 13.1. The van der Waals surface area contributed by atoms with Crippen molar-refractivity contribution in [3.63, 3.8) is 0 Å². The average Bonchev–Trinajstić information content (AvgIpc) is 3.50. The minimum atomic E-state index is -0.291. The van der Waals surface area contributed by atoms with E-state index in [0.717, 1.165) is 17.7 Å². The van der Waals surface area contributed by atoms with Gasteiger partial charge in [0.1, 0.15) is 5.69 Å². The van der Waals surface area contributed by atoms with Gasteiger partial charge in [0, 0.05) is 19.2 Å². The summed E-state index contributed by atoms with van der Waals surface area (Å²) in [4.78, 5) is 27.8. The molecule has 152 valence electrons. The summed E-state index contributed by atoms with van der Waals surface area (Å²) in [6.45, 7) is 2.10. The summed E-state index contributed by atoms with van der Waals surface area (Å²) in [7, 11) is 0. The van der Waals surface area contributed by atoms with Gasteiger partial charge < -0.3 is 10.2 Å². The van der Waals surface area contributed by atoms with Crippen LogP contribution in [0.25, 0.3) is 0 Å². The first kappa shape index (κ1) is 18.6. The molecule has 2 aliphatic rings. The van der Waals surface area contributed by atoms with Crippen molar-refractivity contribution in [2.45, 2.75) is 25.4 Å². The highest BCUT2D eigenvalue weighted by molar-refractivity contribution is 5.98. The number of fused-ring (bicyclic) bond motifs is 1. The number of hydrogen-bond donors (Lipinski definition) is 1. The van der Waals surface area contributed by atoms with Gasteiger partial charge in [-0.15, -0.1) is 0 Å². The van der Waals surface area contributed by atoms with E-state index in [9.17, 15) is 9.59 Å². The van der Waals surface area contributed by atoms with Crippen LogP contribution in [0.4, 0.5) is 0 Å². The number of rotatable bonds is 6. The van der Waals surface area contributed by atoms with Gasteiger partial charge >= 0.3 is 0 Å². The average molecular weight is 400 g/mol. The first-order valence-electron chi connectivity index (χ1n) is 10.5. The molecule has 3 aromatic rings. The van der Waals surface area contributed by atoms with Crippen LogP contribution in [0.5, 0.6) is 0 Å². The quantitative estimate of drug-likeness (QED) is 0.691. The second kappa shape index (κ2) is 7.78. The van der Waals surface area contributed by atoms with Crippen molar-refractivity contribution in [1.82, 2.24) is 20.0 Å². The summed E-state index contributed by atoms with van der Waals surface area (Å²) in [5.41, 5.74) is 2.77. The fourth-order valence-electron chi connectivity index (χ4n) is 3.99. The van der Waals surface area contributed by atoms with Crippen molar-refractivity contribution in [2.75, 3.05) is 13.1 Å². The zero-order valence-electron chi connectivity index (χ0n) is 16.7. The van der Waals surface area contributed by atoms with E-state index in [1.807, 2.05) is 65.6 Å². The standard InChI is InChI=1S/C24H24N4O2/c29-23(25-22(18-7-3-1-4-8-18)19-9-5-2-6-10-19)20-15-21-24(30)27(16-17-11-12-17)13-14-28(21)26-20/h1-10,15,17,22H,11-14,16H2,(H,25,29). The number of benzene rings is 2. The Labute approximate surface area is 175 Å². The SMILES string of the molecule is O=C(NC(c1ccccc1)c1ccccc1)c1cc2n(n1)CCN(CC1CC1)C2=O. The molecule has 6 heteroatoms. The largest absolute Gasteiger partial charge is 0.340 e. The van der Waals surface area contributed by atoms with Crippen LogP contribution in [-0.4, -0.2) is 39.6 Å². The monoisotopic (exact) mass is 400 g/mol. The van der Waals surface area contributed by atoms with Crippen LogP contribution in [0, 0.1) is 5.92 Å². The Balaban J connectivity index is 1.38. The molecule has 0 atom stereocenters. The Hall–Kier alpha value is -3.41. The van der Waals surface area contributed by atoms with Crippen molar-refractivity contribution >= 4 is 11.8 Å². The zero-order valence-corrected chi connectivity index (χ0v) is 16.7. The number of amides is 2. The van der Waals surface area contributed by atoms with E-state index in [1.54, 1.807) is 10.7 Å². The maximum Gasteiger partial charge on any atom is 0.272 e. The third-order valence-corrected chi connectivity index (χ3v) is 5.82. The molecule has 0 unspecified atom stereocenters. The van der Waals surface area contributed by atoms with Crippen molar-refractivity contribution in [1.29, 1.82) is 0 Å². The Morgan fingerprint density at radius 3 is 2.23 bits per heavy atom. The van der Waals surface area contributed by atoms with Crippen molar-refractivity contribution < 1.29 is 9.59 Å². The summed E-state index contributed by atoms with van der Waals surface area (Å²) in [5, 5.41) is 7.53. The molecular formula is C24H24N4O2. The molecule has 1 aliphatic carbocycles. The lowest BCUT2D eigenvalue weighted by atomic mass is 9.98. The van der Waals surface area contributed by atoms with Crippen LogP contribution in [-0.2, 0) is 6.54 Å². The molecule has 0 saturated heterocycles. The molecule has 2 amide bonds. The third-order valence-electron chi connectivity index (χ3n) is 5.82. The maximum absolute atomic E-state index is 13.1. The van der Waals surface area contributed by atoms with Crippen LogP contribution in [0.1, 0.15) is 51.0 Å². The molecule has 0 radical (unpaired) electrons. The molecule has 30 heavy (non-hydrogen) atoms. The third kappa shape index (κ3) is 3.73. The van der Waals surface area contributed by atoms with Crippen LogP contribution in [0.3, 0.4) is 0 Å². The molecule has 0 bridgehead atoms. The lowest BCUT2D eigenvalue weighted by Gasteiger charge is -2.27. The van der Waals surface area contributed by atoms with Gasteiger partial charge in [-0.2, -0.15) is 5.10 Å². The minimum Gasteiger partial charge on any atom is -0.340 e. The van der Waals surface area contributed by atoms with Crippen molar-refractivity contribution in [3.8, 4) is 0 Å². The number of hydrogen-bond acceptors (Lipinski definition) is 3. The fraction of sp³-hybridized carbons (Fsp3) is 0.292. The molecule has 1 N–H and O–H groups in total. The molecule has 5 rings (SSSR count). The topological polar surface area (TPSA) is 67.2 Å². The second-order valence-corrected chi connectivity index (χ2v) is 8.06. The molecule has 2 heterocycles. The number of aromatic nitrogens is 2. The zero-order chi connectivity index (χ0) is 20.5. The highest BCUT2D eigenvalue weighted by Gasteiger charge is 2.32. The summed E-state index contributed by atoms with van der Waals surface area (Å²) < 4.78 is 1.67. The van der Waals surface area contributed by atoms with E-state index in [1.165, 1.54) is 12.8 Å². The number of carbonyl (C=O) groups is 2. The van der Waals surface area contributed by atoms with E-state index in [-0.39, 0.29) is 23.6 Å². The first-order chi connectivity index (χ1) is 14.7. The predicted molar refractivity (Wildman–Crippen MR) is 113 cm³/mol. The van der Waals surface area contributed by atoms with Gasteiger partial charge in [0.15, 0.2) is 5.69 Å². The molecule has 1 saturated carbocycles. The Morgan fingerprint density at radius 1 is 1.00 bits per heavy atom. The molecular weight excluding hydrogens is 376 g/mol. The highest BCUT2D eigenvalue weighted by Crippen LogP contribution is 2.31. The van der Waals surface area contributed by atoms with E-state index in [0.29, 0.717) is 24.7 Å². The van der Waals surface area contributed by atoms with Crippen LogP contribution in [0.15, 0.2) is 66.7 Å². The number of nitrogens with zero attached hydrogens (tertiary/aromatic N) is 3. The van der Waals surface area contributed by atoms with Gasteiger partial charge in [-0.05, 0) is 29.9 Å². The predicted octanol–water partition coefficient (Wildman–Crippen LogP) is 3.27. The van der Waals surface area contributed by atoms with Gasteiger partial charge in [0.05, 0.1) is 12.6 Å². The molecule has 0 spiro atoms. The van der Waals surface area contributed by atoms with Crippen LogP contribution >= 0.6 is 0 Å². The summed E-state index contributed by atoms with van der Waals surface area (Å²) >= 11 is 0. The van der Waals surface area contributed by atoms with Crippen molar-refractivity contribution in [3.05, 3.63) is 89.2 Å². The highest BCUT2D eigenvalue weighted by atomic mass is 16.2. The lowest BCUT2D eigenvalue weighted by Crippen LogP contribution is -2.41. The molecule has 1 aromatic heterocycles. The molecule has 1 fully saturated rings. The van der Waals surface area contributed by atoms with Gasteiger partial charge in [0.25, 0.3) is 11.8 Å². The van der Waals surface area contributed by atoms with Gasteiger partial charge in [-0.25, -0.2) is 0 Å². The minimum absolute atomic E-state index is 0.0256. The Kier molecular flexibility index (Phi) is 4.83. The fourth-order valence-corrected chi connectivity index (χ4v) is 3.99. The summed E-state index contributed by atoms with van der Waals surface area (Å²) in [6.07, 6.45) is 2.41. The number of nitrogens with one attached hydrogen (secondary N) is 1. The first-order valence-corrected chi connectivity index (χ1v) is 10.5. The lowest BCUT2D eigenvalue weighted by molar-refractivity contribution is 0.0688. The number of carbonyl (C=O) groups excluding carboxylic acids is 2. The summed E-state index contributed by atoms with van der Waals surface area (Å²) in [5.74, 6) is 0.335. The van der Waals surface area contributed by atoms with E-state index in [2.05, 4.69) is 10.4 Å². The van der Waals surface area contributed by atoms with Gasteiger partial charge in [-0.1, -0.05) is 60.7 Å².